The van der Waals surface area contributed by atoms with Crippen molar-refractivity contribution >= 4 is 41.0 Å². The number of carbonyl (C=O) groups excluding carboxylic acids is 3. The van der Waals surface area contributed by atoms with Gasteiger partial charge in [0.05, 0.1) is 5.56 Å². The number of anilines is 1. The largest absolute Gasteiger partial charge is 0.480 e. The van der Waals surface area contributed by atoms with Crippen molar-refractivity contribution in [3.8, 4) is 0 Å². The number of carboxylic acids is 1. The van der Waals surface area contributed by atoms with Crippen molar-refractivity contribution in [1.82, 2.24) is 10.6 Å². The molecule has 0 fully saturated rings. The first-order chi connectivity index (χ1) is 11.6. The number of halogens is 1. The zero-order chi connectivity index (χ0) is 19.1. The number of hydrogen-bond acceptors (Lipinski definition) is 5. The Labute approximate surface area is 148 Å². The lowest BCUT2D eigenvalue weighted by atomic mass is 10.1. The van der Waals surface area contributed by atoms with E-state index >= 15 is 0 Å². The zero-order valence-electron chi connectivity index (χ0n) is 13.4. The molecule has 0 saturated carbocycles. The summed E-state index contributed by atoms with van der Waals surface area (Å²) in [6, 6.07) is 1.95. The van der Waals surface area contributed by atoms with Gasteiger partial charge in [-0.1, -0.05) is 11.6 Å². The molecule has 25 heavy (non-hydrogen) atoms. The molecule has 0 unspecified atom stereocenters. The molecular formula is C15H19ClN4O5. The number of aliphatic carboxylic acids is 1. The number of nitrogens with two attached hydrogens (primary N) is 2. The smallest absolute Gasteiger partial charge is 0.326 e. The van der Waals surface area contributed by atoms with Gasteiger partial charge in [0.25, 0.3) is 5.91 Å². The summed E-state index contributed by atoms with van der Waals surface area (Å²) < 4.78 is 0. The number of amides is 3. The molecular weight excluding hydrogens is 352 g/mol. The lowest BCUT2D eigenvalue weighted by Crippen LogP contribution is -2.50. The third-order valence-corrected chi connectivity index (χ3v) is 3.53. The first-order valence-electron chi connectivity index (χ1n) is 7.29. The summed E-state index contributed by atoms with van der Waals surface area (Å²) in [5, 5.41) is 14.1. The van der Waals surface area contributed by atoms with Crippen LogP contribution < -0.4 is 22.1 Å². The summed E-state index contributed by atoms with van der Waals surface area (Å²) in [7, 11) is 0. The summed E-state index contributed by atoms with van der Waals surface area (Å²) in [5.41, 5.74) is 10.9. The highest BCUT2D eigenvalue weighted by molar-refractivity contribution is 6.31. The van der Waals surface area contributed by atoms with Gasteiger partial charge in [-0.05, 0) is 31.5 Å². The van der Waals surface area contributed by atoms with E-state index in [0.29, 0.717) is 5.02 Å². The number of carboxylic acid groups (broad SMARTS) is 1. The molecule has 7 N–H and O–H groups in total. The monoisotopic (exact) mass is 370 g/mol. The Morgan fingerprint density at radius 2 is 1.88 bits per heavy atom. The van der Waals surface area contributed by atoms with E-state index in [-0.39, 0.29) is 24.1 Å². The van der Waals surface area contributed by atoms with Crippen LogP contribution in [0.1, 0.15) is 30.1 Å². The summed E-state index contributed by atoms with van der Waals surface area (Å²) >= 11 is 5.75. The maximum Gasteiger partial charge on any atom is 0.326 e. The highest BCUT2D eigenvalue weighted by atomic mass is 35.5. The Kier molecular flexibility index (Phi) is 7.19. The van der Waals surface area contributed by atoms with E-state index in [1.165, 1.54) is 25.1 Å². The molecule has 0 radical (unpaired) electrons. The molecule has 1 aromatic rings. The fourth-order valence-electron chi connectivity index (χ4n) is 1.92. The molecule has 0 saturated heterocycles. The summed E-state index contributed by atoms with van der Waals surface area (Å²) in [6.07, 6.45) is -0.347. The van der Waals surface area contributed by atoms with Crippen LogP contribution in [-0.2, 0) is 14.4 Å². The lowest BCUT2D eigenvalue weighted by molar-refractivity contribution is -0.142. The summed E-state index contributed by atoms with van der Waals surface area (Å²) in [6.45, 7) is 1.38. The molecule has 1 rings (SSSR count). The molecule has 0 heterocycles. The van der Waals surface area contributed by atoms with Crippen LogP contribution in [-0.4, -0.2) is 40.9 Å². The van der Waals surface area contributed by atoms with Crippen LogP contribution in [0, 0.1) is 0 Å². The molecule has 0 aliphatic heterocycles. The van der Waals surface area contributed by atoms with Gasteiger partial charge in [-0.15, -0.1) is 0 Å². The van der Waals surface area contributed by atoms with Crippen LogP contribution in [0.15, 0.2) is 18.2 Å². The number of nitrogen functional groups attached to an aromatic ring is 1. The molecule has 136 valence electrons. The zero-order valence-corrected chi connectivity index (χ0v) is 14.2. The normalized spacial score (nSPS) is 12.7. The number of rotatable bonds is 8. The fourth-order valence-corrected chi connectivity index (χ4v) is 2.10. The van der Waals surface area contributed by atoms with Gasteiger partial charge in [-0.25, -0.2) is 4.79 Å². The molecule has 1 aromatic carbocycles. The Bertz CT molecular complexity index is 694. The number of primary amides is 1. The molecule has 0 bridgehead atoms. The summed E-state index contributed by atoms with van der Waals surface area (Å²) in [4.78, 5) is 46.0. The molecule has 2 atom stereocenters. The second-order valence-corrected chi connectivity index (χ2v) is 5.77. The van der Waals surface area contributed by atoms with Crippen molar-refractivity contribution in [2.75, 3.05) is 5.73 Å². The van der Waals surface area contributed by atoms with Gasteiger partial charge in [0, 0.05) is 17.1 Å². The second-order valence-electron chi connectivity index (χ2n) is 5.33. The van der Waals surface area contributed by atoms with Gasteiger partial charge in [0.2, 0.25) is 11.8 Å². The third-order valence-electron chi connectivity index (χ3n) is 3.29. The van der Waals surface area contributed by atoms with E-state index in [4.69, 9.17) is 28.2 Å². The first-order valence-corrected chi connectivity index (χ1v) is 7.67. The average Bonchev–Trinajstić information content (AvgIpc) is 2.50. The van der Waals surface area contributed by atoms with Crippen molar-refractivity contribution < 1.29 is 24.3 Å². The predicted octanol–water partition coefficient (Wildman–Crippen LogP) is -0.125. The minimum atomic E-state index is -1.31. The number of benzene rings is 1. The Balaban J connectivity index is 2.69. The van der Waals surface area contributed by atoms with Crippen molar-refractivity contribution in [3.05, 3.63) is 28.8 Å². The van der Waals surface area contributed by atoms with Gasteiger partial charge in [0.15, 0.2) is 0 Å². The van der Waals surface area contributed by atoms with Crippen LogP contribution in [0.5, 0.6) is 0 Å². The fraction of sp³-hybridized carbons (Fsp3) is 0.333. The molecule has 3 amide bonds. The van der Waals surface area contributed by atoms with E-state index < -0.39 is 35.8 Å². The van der Waals surface area contributed by atoms with E-state index in [9.17, 15) is 19.2 Å². The van der Waals surface area contributed by atoms with Crippen molar-refractivity contribution in [3.63, 3.8) is 0 Å². The van der Waals surface area contributed by atoms with Gasteiger partial charge in [-0.3, -0.25) is 14.4 Å². The molecule has 0 aromatic heterocycles. The Hall–Kier alpha value is -2.81. The maximum atomic E-state index is 12.1. The van der Waals surface area contributed by atoms with Crippen LogP contribution >= 0.6 is 11.6 Å². The van der Waals surface area contributed by atoms with Crippen LogP contribution in [0.2, 0.25) is 5.02 Å². The molecule has 10 heteroatoms. The highest BCUT2D eigenvalue weighted by Gasteiger charge is 2.24. The minimum absolute atomic E-state index is 0.132. The van der Waals surface area contributed by atoms with E-state index in [2.05, 4.69) is 10.6 Å². The van der Waals surface area contributed by atoms with Crippen molar-refractivity contribution in [2.45, 2.75) is 31.8 Å². The van der Waals surface area contributed by atoms with Crippen LogP contribution in [0.3, 0.4) is 0 Å². The topological polar surface area (TPSA) is 165 Å². The summed E-state index contributed by atoms with van der Waals surface area (Å²) in [5.74, 6) is -3.33. The van der Waals surface area contributed by atoms with Crippen molar-refractivity contribution in [2.24, 2.45) is 5.73 Å². The van der Waals surface area contributed by atoms with Gasteiger partial charge in [-0.2, -0.15) is 0 Å². The molecule has 9 nitrogen and oxygen atoms in total. The first kappa shape index (κ1) is 20.2. The van der Waals surface area contributed by atoms with Crippen LogP contribution in [0.25, 0.3) is 0 Å². The van der Waals surface area contributed by atoms with Crippen molar-refractivity contribution in [1.29, 1.82) is 0 Å². The molecule has 0 spiro atoms. The average molecular weight is 371 g/mol. The SMILES string of the molecule is C[C@H](NC(=O)c1ccc(Cl)cc1N)C(=O)N[C@H](CCC(N)=O)C(=O)O. The maximum absolute atomic E-state index is 12.1. The minimum Gasteiger partial charge on any atom is -0.480 e. The Morgan fingerprint density at radius 1 is 1.24 bits per heavy atom. The van der Waals surface area contributed by atoms with Crippen LogP contribution in [0.4, 0.5) is 5.69 Å². The van der Waals surface area contributed by atoms with Gasteiger partial charge in [0.1, 0.15) is 12.1 Å². The lowest BCUT2D eigenvalue weighted by Gasteiger charge is -2.18. The predicted molar refractivity (Wildman–Crippen MR) is 90.8 cm³/mol. The number of carbonyl (C=O) groups is 4. The highest BCUT2D eigenvalue weighted by Crippen LogP contribution is 2.17. The number of nitrogens with one attached hydrogen (secondary N) is 2. The van der Waals surface area contributed by atoms with Gasteiger partial charge >= 0.3 is 5.97 Å². The standard InChI is InChI=1S/C15H19ClN4O5/c1-7(13(22)20-11(15(24)25)4-5-12(18)21)19-14(23)9-3-2-8(16)6-10(9)17/h2-3,6-7,11H,4-5,17H2,1H3,(H2,18,21)(H,19,23)(H,20,22)(H,24,25)/t7-,11+/m0/s1. The molecule has 0 aliphatic rings. The van der Waals surface area contributed by atoms with Gasteiger partial charge < -0.3 is 27.2 Å². The van der Waals surface area contributed by atoms with E-state index in [0.717, 1.165) is 0 Å². The van der Waals surface area contributed by atoms with E-state index in [1.807, 2.05) is 0 Å². The molecule has 0 aliphatic carbocycles. The quantitative estimate of drug-likeness (QED) is 0.400. The number of hydrogen-bond donors (Lipinski definition) is 5. The second kappa shape index (κ2) is 8.88. The Morgan fingerprint density at radius 3 is 2.40 bits per heavy atom. The van der Waals surface area contributed by atoms with E-state index in [1.54, 1.807) is 0 Å². The third kappa shape index (κ3) is 6.30.